The number of aromatic nitrogens is 4. The van der Waals surface area contributed by atoms with E-state index in [1.807, 2.05) is 19.1 Å². The van der Waals surface area contributed by atoms with E-state index in [4.69, 9.17) is 5.73 Å². The van der Waals surface area contributed by atoms with E-state index >= 15 is 0 Å². The van der Waals surface area contributed by atoms with E-state index in [0.29, 0.717) is 24.4 Å². The normalized spacial score (nSPS) is 16.8. The fourth-order valence-corrected chi connectivity index (χ4v) is 5.91. The molecule has 0 saturated heterocycles. The fourth-order valence-electron chi connectivity index (χ4n) is 5.91. The van der Waals surface area contributed by atoms with Gasteiger partial charge < -0.3 is 16.4 Å². The van der Waals surface area contributed by atoms with Crippen molar-refractivity contribution < 1.29 is 4.79 Å². The van der Waals surface area contributed by atoms with Gasteiger partial charge in [0.25, 0.3) is 5.91 Å². The molecule has 0 bridgehead atoms. The molecule has 1 aliphatic rings. The molecular formula is C32H37N7O. The first-order valence-corrected chi connectivity index (χ1v) is 13.9. The van der Waals surface area contributed by atoms with E-state index in [0.717, 1.165) is 52.9 Å². The molecule has 8 heteroatoms. The molecule has 3 aromatic carbocycles. The van der Waals surface area contributed by atoms with E-state index in [9.17, 15) is 4.79 Å². The van der Waals surface area contributed by atoms with Gasteiger partial charge in [0.05, 0.1) is 5.41 Å². The minimum Gasteiger partial charge on any atom is -0.385 e. The van der Waals surface area contributed by atoms with E-state index < -0.39 is 5.41 Å². The number of aryl methyl sites for hydroxylation is 3. The SMILES string of the molecule is C=C(NCC)c1ccc2c(c1)CCc1cc(C(=O)NCC)ccc1C2(C[C@H](N)c1ccc(C)cc1)c1nn[nH]n1. The van der Waals surface area contributed by atoms with Crippen LogP contribution in [-0.4, -0.2) is 39.6 Å². The summed E-state index contributed by atoms with van der Waals surface area (Å²) >= 11 is 0. The van der Waals surface area contributed by atoms with Gasteiger partial charge in [-0.25, -0.2) is 0 Å². The Kier molecular flexibility index (Phi) is 7.80. The Morgan fingerprint density at radius 3 is 2.20 bits per heavy atom. The van der Waals surface area contributed by atoms with Crippen LogP contribution in [0.1, 0.15) is 81.4 Å². The maximum Gasteiger partial charge on any atom is 0.251 e. The van der Waals surface area contributed by atoms with E-state index in [1.165, 1.54) is 11.1 Å². The maximum absolute atomic E-state index is 12.8. The molecule has 1 aliphatic carbocycles. The molecule has 0 aliphatic heterocycles. The van der Waals surface area contributed by atoms with Crippen molar-refractivity contribution in [2.75, 3.05) is 13.1 Å². The highest BCUT2D eigenvalue weighted by Crippen LogP contribution is 2.48. The molecular weight excluding hydrogens is 498 g/mol. The van der Waals surface area contributed by atoms with Crippen LogP contribution in [0.15, 0.2) is 67.2 Å². The number of aromatic amines is 1. The molecule has 4 aromatic rings. The summed E-state index contributed by atoms with van der Waals surface area (Å²) in [5.41, 5.74) is 15.4. The van der Waals surface area contributed by atoms with Crippen LogP contribution in [0.25, 0.3) is 5.70 Å². The second kappa shape index (κ2) is 11.4. The summed E-state index contributed by atoms with van der Waals surface area (Å²) in [6.45, 7) is 11.7. The lowest BCUT2D eigenvalue weighted by Gasteiger charge is -2.36. The zero-order chi connectivity index (χ0) is 28.3. The summed E-state index contributed by atoms with van der Waals surface area (Å²) in [6.07, 6.45) is 2.06. The summed E-state index contributed by atoms with van der Waals surface area (Å²) in [5.74, 6) is 0.473. The fraction of sp³-hybridized carbons (Fsp3) is 0.312. The first kappa shape index (κ1) is 27.3. The molecule has 0 spiro atoms. The van der Waals surface area contributed by atoms with Gasteiger partial charge in [-0.3, -0.25) is 4.79 Å². The van der Waals surface area contributed by atoms with E-state index in [1.54, 1.807) is 0 Å². The summed E-state index contributed by atoms with van der Waals surface area (Å²) in [4.78, 5) is 12.8. The largest absolute Gasteiger partial charge is 0.385 e. The number of amides is 1. The first-order chi connectivity index (χ1) is 19.4. The summed E-state index contributed by atoms with van der Waals surface area (Å²) in [7, 11) is 0. The molecule has 0 fully saturated rings. The molecule has 1 aromatic heterocycles. The van der Waals surface area contributed by atoms with Gasteiger partial charge >= 0.3 is 0 Å². The highest BCUT2D eigenvalue weighted by atomic mass is 16.1. The van der Waals surface area contributed by atoms with Crippen LogP contribution in [0, 0.1) is 6.92 Å². The smallest absolute Gasteiger partial charge is 0.251 e. The molecule has 8 nitrogen and oxygen atoms in total. The highest BCUT2D eigenvalue weighted by Gasteiger charge is 2.46. The van der Waals surface area contributed by atoms with Crippen molar-refractivity contribution in [3.63, 3.8) is 0 Å². The zero-order valence-electron chi connectivity index (χ0n) is 23.4. The van der Waals surface area contributed by atoms with Crippen molar-refractivity contribution in [2.45, 2.75) is 51.5 Å². The standard InChI is InChI=1S/C32H37N7O/c1-5-34-21(4)23-13-15-27-24(17-23)11-12-25-18-26(30(40)35-6-2)14-16-28(25)32(27,31-36-38-39-37-31)19-29(33)22-9-7-20(3)8-10-22/h7-10,13-18,29,34H,4-6,11-12,19,33H2,1-3H3,(H,35,40)(H,36,37,38,39)/t29-,32?/m0/s1. The molecule has 5 rings (SSSR count). The number of carbonyl (C=O) groups is 1. The summed E-state index contributed by atoms with van der Waals surface area (Å²) in [6, 6.07) is 20.5. The third-order valence-corrected chi connectivity index (χ3v) is 7.89. The van der Waals surface area contributed by atoms with Crippen molar-refractivity contribution in [2.24, 2.45) is 5.73 Å². The molecule has 40 heavy (non-hydrogen) atoms. The monoisotopic (exact) mass is 535 g/mol. The van der Waals surface area contributed by atoms with Crippen molar-refractivity contribution in [1.29, 1.82) is 0 Å². The predicted octanol–water partition coefficient (Wildman–Crippen LogP) is 4.36. The zero-order valence-corrected chi connectivity index (χ0v) is 23.4. The van der Waals surface area contributed by atoms with Crippen LogP contribution in [0.4, 0.5) is 0 Å². The lowest BCUT2D eigenvalue weighted by molar-refractivity contribution is 0.0955. The van der Waals surface area contributed by atoms with Crippen molar-refractivity contribution in [1.82, 2.24) is 31.3 Å². The van der Waals surface area contributed by atoms with Crippen LogP contribution in [0.5, 0.6) is 0 Å². The number of tetrazole rings is 1. The van der Waals surface area contributed by atoms with Gasteiger partial charge in [-0.1, -0.05) is 59.8 Å². The lowest BCUT2D eigenvalue weighted by atomic mass is 9.67. The lowest BCUT2D eigenvalue weighted by Crippen LogP contribution is -2.36. The van der Waals surface area contributed by atoms with Crippen molar-refractivity contribution in [3.05, 3.63) is 118 Å². The maximum atomic E-state index is 12.8. The van der Waals surface area contributed by atoms with Crippen LogP contribution < -0.4 is 16.4 Å². The first-order valence-electron chi connectivity index (χ1n) is 13.9. The summed E-state index contributed by atoms with van der Waals surface area (Å²) < 4.78 is 0. The van der Waals surface area contributed by atoms with E-state index in [2.05, 4.69) is 100 Å². The number of hydrogen-bond donors (Lipinski definition) is 4. The quantitative estimate of drug-likeness (QED) is 0.253. The number of nitrogens with zero attached hydrogens (tertiary/aromatic N) is 3. The molecule has 206 valence electrons. The van der Waals surface area contributed by atoms with Gasteiger partial charge in [0.2, 0.25) is 0 Å². The molecule has 0 radical (unpaired) electrons. The Labute approximate surface area is 235 Å². The number of carbonyl (C=O) groups excluding carboxylic acids is 1. The molecule has 1 heterocycles. The highest BCUT2D eigenvalue weighted by molar-refractivity contribution is 5.94. The second-order valence-electron chi connectivity index (χ2n) is 10.5. The van der Waals surface area contributed by atoms with Gasteiger partial charge in [-0.2, -0.15) is 5.21 Å². The van der Waals surface area contributed by atoms with Gasteiger partial charge in [-0.15, -0.1) is 10.2 Å². The number of nitrogens with one attached hydrogen (secondary N) is 3. The molecule has 0 saturated carbocycles. The molecule has 5 N–H and O–H groups in total. The average Bonchev–Trinajstić information content (AvgIpc) is 3.47. The minimum absolute atomic E-state index is 0.0854. The number of benzene rings is 3. The number of fused-ring (bicyclic) bond motifs is 2. The van der Waals surface area contributed by atoms with Gasteiger partial charge in [0, 0.05) is 30.4 Å². The molecule has 1 unspecified atom stereocenters. The van der Waals surface area contributed by atoms with Crippen LogP contribution in [0.2, 0.25) is 0 Å². The van der Waals surface area contributed by atoms with Crippen LogP contribution >= 0.6 is 0 Å². The minimum atomic E-state index is -0.795. The second-order valence-corrected chi connectivity index (χ2v) is 10.5. The van der Waals surface area contributed by atoms with E-state index in [-0.39, 0.29) is 11.9 Å². The molecule has 2 atom stereocenters. The molecule has 1 amide bonds. The number of rotatable bonds is 9. The van der Waals surface area contributed by atoms with Gasteiger partial charge in [0.1, 0.15) is 0 Å². The number of hydrogen-bond acceptors (Lipinski definition) is 6. The average molecular weight is 536 g/mol. The third-order valence-electron chi connectivity index (χ3n) is 7.89. The van der Waals surface area contributed by atoms with Crippen molar-refractivity contribution >= 4 is 11.6 Å². The Morgan fingerprint density at radius 2 is 1.60 bits per heavy atom. The van der Waals surface area contributed by atoms with Gasteiger partial charge in [0.15, 0.2) is 5.82 Å². The van der Waals surface area contributed by atoms with Crippen LogP contribution in [0.3, 0.4) is 0 Å². The van der Waals surface area contributed by atoms with Crippen molar-refractivity contribution in [3.8, 4) is 0 Å². The predicted molar refractivity (Wildman–Crippen MR) is 158 cm³/mol. The number of nitrogens with two attached hydrogens (primary N) is 1. The number of H-pyrrole nitrogens is 1. The Balaban J connectivity index is 1.74. The van der Waals surface area contributed by atoms with Crippen LogP contribution in [-0.2, 0) is 18.3 Å². The van der Waals surface area contributed by atoms with Gasteiger partial charge in [-0.05, 0) is 91.6 Å². The summed E-state index contributed by atoms with van der Waals surface area (Å²) in [5, 5.41) is 22.1. The Hall–Kier alpha value is -4.30. The Morgan fingerprint density at radius 1 is 0.975 bits per heavy atom. The Bertz CT molecular complexity index is 1440. The third kappa shape index (κ3) is 5.02. The topological polar surface area (TPSA) is 122 Å².